The molecule has 1 heterocycles. The minimum atomic E-state index is -4.98. The van der Waals surface area contributed by atoms with E-state index in [2.05, 4.69) is 5.32 Å². The fourth-order valence-electron chi connectivity index (χ4n) is 3.58. The summed E-state index contributed by atoms with van der Waals surface area (Å²) in [4.78, 5) is 24.3. The van der Waals surface area contributed by atoms with E-state index in [1.807, 2.05) is 0 Å². The number of hydrogen-bond donors (Lipinski definition) is 1. The first-order chi connectivity index (χ1) is 16.3. The van der Waals surface area contributed by atoms with Crippen molar-refractivity contribution in [1.82, 2.24) is 9.88 Å². The van der Waals surface area contributed by atoms with Gasteiger partial charge >= 0.3 is 18.4 Å². The molecule has 1 N–H and O–H groups in total. The van der Waals surface area contributed by atoms with E-state index in [0.717, 1.165) is 23.1 Å². The molecule has 2 aromatic carbocycles. The van der Waals surface area contributed by atoms with Crippen molar-refractivity contribution in [3.63, 3.8) is 0 Å². The first-order valence-electron chi connectivity index (χ1n) is 10.2. The number of hydrogen-bond acceptors (Lipinski definition) is 3. The maximum absolute atomic E-state index is 13.0. The Labute approximate surface area is 196 Å². The lowest BCUT2D eigenvalue weighted by molar-refractivity contribution is -0.143. The number of carbonyl (C=O) groups is 2. The van der Waals surface area contributed by atoms with Crippen molar-refractivity contribution < 1.29 is 40.7 Å². The molecule has 3 rings (SSSR count). The summed E-state index contributed by atoms with van der Waals surface area (Å²) < 4.78 is 84.1. The Morgan fingerprint density at radius 3 is 2.20 bits per heavy atom. The zero-order valence-corrected chi connectivity index (χ0v) is 18.5. The number of aromatic nitrogens is 1. The van der Waals surface area contributed by atoms with Gasteiger partial charge in [0.2, 0.25) is 5.91 Å². The average Bonchev–Trinajstić information content (AvgIpc) is 3.14. The monoisotopic (exact) mass is 498 g/mol. The number of alkyl halides is 6. The smallest absolute Gasteiger partial charge is 0.418 e. The summed E-state index contributed by atoms with van der Waals surface area (Å²) in [6, 6.07) is 7.66. The van der Waals surface area contributed by atoms with Gasteiger partial charge in [0.1, 0.15) is 0 Å². The van der Waals surface area contributed by atoms with Gasteiger partial charge in [-0.2, -0.15) is 26.3 Å². The highest BCUT2D eigenvalue weighted by Crippen LogP contribution is 2.36. The van der Waals surface area contributed by atoms with Crippen LogP contribution in [-0.4, -0.2) is 29.7 Å². The largest absolute Gasteiger partial charge is 0.452 e. The third-order valence-electron chi connectivity index (χ3n) is 5.12. The molecule has 0 unspecified atom stereocenters. The first-order valence-corrected chi connectivity index (χ1v) is 10.2. The average molecular weight is 498 g/mol. The molecule has 35 heavy (non-hydrogen) atoms. The molecule has 1 amide bonds. The standard InChI is InChI=1S/C24H20F6N2O3/c1-14(9-16-13-32(22(34)35-2)20-6-4-3-5-19(16)20)31-21(33)8-7-15-10-17(23(25,26)27)12-18(11-15)24(28,29)30/h3-8,10-14H,9H2,1-2H3,(H,31,33)/t14-/m1/s1. The van der Waals surface area contributed by atoms with Gasteiger partial charge in [0.05, 0.1) is 23.8 Å². The molecule has 3 aromatic rings. The molecular weight excluding hydrogens is 478 g/mol. The molecule has 0 saturated carbocycles. The van der Waals surface area contributed by atoms with Crippen molar-refractivity contribution in [2.45, 2.75) is 31.7 Å². The van der Waals surface area contributed by atoms with E-state index >= 15 is 0 Å². The molecule has 11 heteroatoms. The fourth-order valence-corrected chi connectivity index (χ4v) is 3.58. The molecule has 0 aliphatic heterocycles. The second-order valence-electron chi connectivity index (χ2n) is 7.80. The van der Waals surface area contributed by atoms with Crippen molar-refractivity contribution in [3.05, 3.63) is 77.0 Å². The van der Waals surface area contributed by atoms with Crippen molar-refractivity contribution in [1.29, 1.82) is 0 Å². The van der Waals surface area contributed by atoms with Gasteiger partial charge in [-0.05, 0) is 54.8 Å². The Balaban J connectivity index is 1.76. The summed E-state index contributed by atoms with van der Waals surface area (Å²) >= 11 is 0. The van der Waals surface area contributed by atoms with Crippen LogP contribution in [-0.2, 0) is 28.3 Å². The van der Waals surface area contributed by atoms with Gasteiger partial charge in [0.25, 0.3) is 0 Å². The van der Waals surface area contributed by atoms with Crippen LogP contribution in [0, 0.1) is 0 Å². The molecule has 0 radical (unpaired) electrons. The molecule has 0 saturated heterocycles. The maximum Gasteiger partial charge on any atom is 0.418 e. The molecule has 5 nitrogen and oxygen atoms in total. The number of methoxy groups -OCH3 is 1. The lowest BCUT2D eigenvalue weighted by atomic mass is 10.0. The second-order valence-corrected chi connectivity index (χ2v) is 7.80. The van der Waals surface area contributed by atoms with Crippen LogP contribution in [0.4, 0.5) is 31.1 Å². The van der Waals surface area contributed by atoms with Crippen molar-refractivity contribution in [3.8, 4) is 0 Å². The maximum atomic E-state index is 13.0. The second kappa shape index (κ2) is 9.85. The van der Waals surface area contributed by atoms with Crippen molar-refractivity contribution in [2.75, 3.05) is 7.11 Å². The third kappa shape index (κ3) is 6.23. The molecular formula is C24H20F6N2O3. The van der Waals surface area contributed by atoms with Crippen LogP contribution >= 0.6 is 0 Å². The number of para-hydroxylation sites is 1. The summed E-state index contributed by atoms with van der Waals surface area (Å²) in [5.41, 5.74) is -2.02. The van der Waals surface area contributed by atoms with Crippen molar-refractivity contribution in [2.24, 2.45) is 0 Å². The first kappa shape index (κ1) is 25.9. The Bertz CT molecular complexity index is 1240. The minimum absolute atomic E-state index is 0.0181. The van der Waals surface area contributed by atoms with E-state index in [4.69, 9.17) is 4.74 Å². The van der Waals surface area contributed by atoms with Gasteiger partial charge < -0.3 is 10.1 Å². The normalized spacial score (nSPS) is 13.3. The lowest BCUT2D eigenvalue weighted by Crippen LogP contribution is -2.32. The summed E-state index contributed by atoms with van der Waals surface area (Å²) in [5, 5.41) is 3.37. The predicted octanol–water partition coefficient (Wildman–Crippen LogP) is 6.05. The molecule has 0 aliphatic carbocycles. The van der Waals surface area contributed by atoms with Gasteiger partial charge in [0, 0.05) is 23.7 Å². The molecule has 186 valence electrons. The van der Waals surface area contributed by atoms with Crippen molar-refractivity contribution >= 4 is 29.0 Å². The number of nitrogens with zero attached hydrogens (tertiary/aromatic N) is 1. The number of amides is 1. The summed E-state index contributed by atoms with van der Waals surface area (Å²) in [6.07, 6.45) is -6.93. The number of rotatable bonds is 5. The van der Waals surface area contributed by atoms with Gasteiger partial charge in [0.15, 0.2) is 0 Å². The van der Waals surface area contributed by atoms with E-state index in [-0.39, 0.29) is 6.07 Å². The summed E-state index contributed by atoms with van der Waals surface area (Å²) in [7, 11) is 1.24. The molecule has 1 aromatic heterocycles. The van der Waals surface area contributed by atoms with Crippen LogP contribution in [0.15, 0.2) is 54.7 Å². The molecule has 0 fully saturated rings. The quantitative estimate of drug-likeness (QED) is 0.344. The van der Waals surface area contributed by atoms with Crippen LogP contribution in [0.2, 0.25) is 0 Å². The highest BCUT2D eigenvalue weighted by molar-refractivity contribution is 5.93. The topological polar surface area (TPSA) is 60.3 Å². The Morgan fingerprint density at radius 1 is 1.03 bits per heavy atom. The zero-order chi connectivity index (χ0) is 26.0. The highest BCUT2D eigenvalue weighted by Gasteiger charge is 2.36. The van der Waals surface area contributed by atoms with E-state index in [9.17, 15) is 35.9 Å². The summed E-state index contributed by atoms with van der Waals surface area (Å²) in [6.45, 7) is 1.67. The fraction of sp³-hybridized carbons (Fsp3) is 0.250. The molecule has 1 atom stereocenters. The van der Waals surface area contributed by atoms with E-state index in [0.29, 0.717) is 24.1 Å². The SMILES string of the molecule is COC(=O)n1cc(C[C@@H](C)NC(=O)C=Cc2cc(C(F)(F)F)cc(C(F)(F)F)c2)c2ccccc21. The highest BCUT2D eigenvalue weighted by atomic mass is 19.4. The lowest BCUT2D eigenvalue weighted by Gasteiger charge is -2.13. The van der Waals surface area contributed by atoms with Gasteiger partial charge in [-0.15, -0.1) is 0 Å². The number of fused-ring (bicyclic) bond motifs is 1. The minimum Gasteiger partial charge on any atom is -0.452 e. The van der Waals surface area contributed by atoms with Crippen LogP contribution in [0.1, 0.15) is 29.2 Å². The number of carbonyl (C=O) groups excluding carboxylic acids is 2. The van der Waals surface area contributed by atoms with Gasteiger partial charge in [-0.1, -0.05) is 18.2 Å². The molecule has 0 bridgehead atoms. The Morgan fingerprint density at radius 2 is 1.63 bits per heavy atom. The van der Waals surface area contributed by atoms with E-state index in [1.54, 1.807) is 37.4 Å². The predicted molar refractivity (Wildman–Crippen MR) is 117 cm³/mol. The number of benzene rings is 2. The third-order valence-corrected chi connectivity index (χ3v) is 5.12. The number of ether oxygens (including phenoxy) is 1. The van der Waals surface area contributed by atoms with Crippen LogP contribution in [0.5, 0.6) is 0 Å². The molecule has 0 aliphatic rings. The van der Waals surface area contributed by atoms with Crippen LogP contribution < -0.4 is 5.32 Å². The number of nitrogens with one attached hydrogen (secondary N) is 1. The Kier molecular flexibility index (Phi) is 7.27. The molecule has 0 spiro atoms. The Hall–Kier alpha value is -3.76. The summed E-state index contributed by atoms with van der Waals surface area (Å²) in [5.74, 6) is -0.708. The van der Waals surface area contributed by atoms with Gasteiger partial charge in [-0.25, -0.2) is 4.79 Å². The van der Waals surface area contributed by atoms with Crippen LogP contribution in [0.25, 0.3) is 17.0 Å². The number of halogens is 6. The van der Waals surface area contributed by atoms with E-state index < -0.39 is 47.1 Å². The van der Waals surface area contributed by atoms with E-state index in [1.165, 1.54) is 11.7 Å². The van der Waals surface area contributed by atoms with Gasteiger partial charge in [-0.3, -0.25) is 9.36 Å². The van der Waals surface area contributed by atoms with Crippen LogP contribution in [0.3, 0.4) is 0 Å². The zero-order valence-electron chi connectivity index (χ0n) is 18.5.